The SMILES string of the molecule is CN=C(NCCC(=O)NCc1ccccc1)NCc1cccc(OC)c1OC1CCCC1.I. The zero-order chi connectivity index (χ0) is 22.6. The standard InChI is InChI=1S/C25H34N4O3.HI/c1-26-25(27-16-15-23(30)28-17-19-9-4-3-5-10-19)29-18-20-11-8-14-22(31-2)24(20)32-21-12-6-7-13-21;/h3-5,8-11,14,21H,6-7,12-13,15-18H2,1-2H3,(H,28,30)(H2,26,27,29);1H. The van der Waals surface area contributed by atoms with Crippen LogP contribution in [-0.4, -0.2) is 38.7 Å². The zero-order valence-electron chi connectivity index (χ0n) is 19.4. The summed E-state index contributed by atoms with van der Waals surface area (Å²) in [6.07, 6.45) is 5.20. The van der Waals surface area contributed by atoms with Crippen LogP contribution in [0.3, 0.4) is 0 Å². The molecule has 2 aromatic rings. The molecule has 0 aliphatic heterocycles. The molecule has 180 valence electrons. The Morgan fingerprint density at radius 1 is 1.00 bits per heavy atom. The molecule has 1 aliphatic rings. The van der Waals surface area contributed by atoms with Gasteiger partial charge < -0.3 is 25.4 Å². The van der Waals surface area contributed by atoms with E-state index in [9.17, 15) is 4.79 Å². The van der Waals surface area contributed by atoms with Crippen LogP contribution in [0.5, 0.6) is 11.5 Å². The van der Waals surface area contributed by atoms with Crippen molar-refractivity contribution in [3.63, 3.8) is 0 Å². The normalized spacial score (nSPS) is 13.7. The lowest BCUT2D eigenvalue weighted by atomic mass is 10.1. The second-order valence-corrected chi connectivity index (χ2v) is 7.84. The van der Waals surface area contributed by atoms with Crippen LogP contribution in [0.2, 0.25) is 0 Å². The number of benzene rings is 2. The van der Waals surface area contributed by atoms with E-state index >= 15 is 0 Å². The van der Waals surface area contributed by atoms with Crippen LogP contribution in [0.4, 0.5) is 0 Å². The van der Waals surface area contributed by atoms with Gasteiger partial charge in [-0.25, -0.2) is 0 Å². The van der Waals surface area contributed by atoms with Gasteiger partial charge in [0.1, 0.15) is 0 Å². The predicted molar refractivity (Wildman–Crippen MR) is 142 cm³/mol. The molecule has 0 heterocycles. The molecule has 0 bridgehead atoms. The number of rotatable bonds is 10. The number of halogens is 1. The highest BCUT2D eigenvalue weighted by Crippen LogP contribution is 2.34. The van der Waals surface area contributed by atoms with Crippen molar-refractivity contribution in [3.05, 3.63) is 59.7 Å². The van der Waals surface area contributed by atoms with Gasteiger partial charge in [0.25, 0.3) is 0 Å². The van der Waals surface area contributed by atoms with Crippen molar-refractivity contribution in [3.8, 4) is 11.5 Å². The van der Waals surface area contributed by atoms with Crippen molar-refractivity contribution in [1.29, 1.82) is 0 Å². The molecular formula is C25H35IN4O3. The molecule has 0 radical (unpaired) electrons. The average molecular weight is 566 g/mol. The number of hydrogen-bond acceptors (Lipinski definition) is 4. The largest absolute Gasteiger partial charge is 0.493 e. The molecular weight excluding hydrogens is 531 g/mol. The lowest BCUT2D eigenvalue weighted by molar-refractivity contribution is -0.121. The second kappa shape index (κ2) is 14.6. The quantitative estimate of drug-likeness (QED) is 0.230. The van der Waals surface area contributed by atoms with E-state index in [0.29, 0.717) is 32.0 Å². The Labute approximate surface area is 213 Å². The number of aliphatic imine (C=N–C) groups is 1. The molecule has 1 amide bonds. The average Bonchev–Trinajstić information content (AvgIpc) is 3.34. The van der Waals surface area contributed by atoms with Crippen molar-refractivity contribution in [2.75, 3.05) is 20.7 Å². The number of hydrogen-bond donors (Lipinski definition) is 3. The topological polar surface area (TPSA) is 84.0 Å². The van der Waals surface area contributed by atoms with Crippen LogP contribution in [0.25, 0.3) is 0 Å². The summed E-state index contributed by atoms with van der Waals surface area (Å²) in [5.41, 5.74) is 2.10. The fourth-order valence-corrected chi connectivity index (χ4v) is 3.75. The molecule has 3 N–H and O–H groups in total. The minimum absolute atomic E-state index is 0. The van der Waals surface area contributed by atoms with E-state index in [1.165, 1.54) is 12.8 Å². The molecule has 0 spiro atoms. The second-order valence-electron chi connectivity index (χ2n) is 7.84. The third-order valence-corrected chi connectivity index (χ3v) is 5.51. The highest BCUT2D eigenvalue weighted by Gasteiger charge is 2.20. The van der Waals surface area contributed by atoms with Crippen LogP contribution in [0.15, 0.2) is 53.5 Å². The molecule has 0 aromatic heterocycles. The number of para-hydroxylation sites is 1. The first kappa shape index (κ1) is 26.8. The lowest BCUT2D eigenvalue weighted by Gasteiger charge is -2.20. The first-order chi connectivity index (χ1) is 15.7. The third-order valence-electron chi connectivity index (χ3n) is 5.51. The van der Waals surface area contributed by atoms with Gasteiger partial charge in [0.05, 0.1) is 13.2 Å². The summed E-state index contributed by atoms with van der Waals surface area (Å²) in [6.45, 7) is 1.56. The number of amides is 1. The Balaban J connectivity index is 0.00000385. The number of carbonyl (C=O) groups excluding carboxylic acids is 1. The van der Waals surface area contributed by atoms with E-state index in [1.807, 2.05) is 48.5 Å². The van der Waals surface area contributed by atoms with Crippen LogP contribution in [-0.2, 0) is 17.9 Å². The summed E-state index contributed by atoms with van der Waals surface area (Å²) >= 11 is 0. The molecule has 2 aromatic carbocycles. The molecule has 0 unspecified atom stereocenters. The van der Waals surface area contributed by atoms with Crippen LogP contribution in [0.1, 0.15) is 43.2 Å². The van der Waals surface area contributed by atoms with Gasteiger partial charge in [-0.2, -0.15) is 0 Å². The Hall–Kier alpha value is -2.49. The molecule has 1 fully saturated rings. The van der Waals surface area contributed by atoms with Gasteiger partial charge >= 0.3 is 0 Å². The van der Waals surface area contributed by atoms with Gasteiger partial charge in [-0.15, -0.1) is 24.0 Å². The number of ether oxygens (including phenoxy) is 2. The minimum atomic E-state index is -0.00292. The zero-order valence-corrected chi connectivity index (χ0v) is 21.8. The van der Waals surface area contributed by atoms with E-state index in [0.717, 1.165) is 35.5 Å². The number of guanidine groups is 1. The van der Waals surface area contributed by atoms with Crippen molar-refractivity contribution in [2.45, 2.75) is 51.3 Å². The summed E-state index contributed by atoms with van der Waals surface area (Å²) in [5.74, 6) is 2.17. The number of nitrogens with zero attached hydrogens (tertiary/aromatic N) is 1. The molecule has 8 heteroatoms. The van der Waals surface area contributed by atoms with E-state index in [4.69, 9.17) is 9.47 Å². The highest BCUT2D eigenvalue weighted by atomic mass is 127. The smallest absolute Gasteiger partial charge is 0.222 e. The van der Waals surface area contributed by atoms with Gasteiger partial charge in [0, 0.05) is 38.7 Å². The maximum Gasteiger partial charge on any atom is 0.222 e. The fourth-order valence-electron chi connectivity index (χ4n) is 3.75. The fraction of sp³-hybridized carbons (Fsp3) is 0.440. The first-order valence-electron chi connectivity index (χ1n) is 11.3. The first-order valence-corrected chi connectivity index (χ1v) is 11.3. The van der Waals surface area contributed by atoms with Crippen molar-refractivity contribution in [2.24, 2.45) is 4.99 Å². The van der Waals surface area contributed by atoms with Crippen LogP contribution >= 0.6 is 24.0 Å². The minimum Gasteiger partial charge on any atom is -0.493 e. The summed E-state index contributed by atoms with van der Waals surface area (Å²) in [5, 5.41) is 9.43. The number of carbonyl (C=O) groups is 1. The summed E-state index contributed by atoms with van der Waals surface area (Å²) in [6, 6.07) is 15.8. The van der Waals surface area contributed by atoms with Gasteiger partial charge in [0.15, 0.2) is 17.5 Å². The third kappa shape index (κ3) is 8.75. The van der Waals surface area contributed by atoms with Gasteiger partial charge in [0.2, 0.25) is 5.91 Å². The number of methoxy groups -OCH3 is 1. The lowest BCUT2D eigenvalue weighted by Crippen LogP contribution is -2.39. The maximum absolute atomic E-state index is 12.1. The monoisotopic (exact) mass is 566 g/mol. The Morgan fingerprint density at radius 3 is 2.45 bits per heavy atom. The molecule has 1 saturated carbocycles. The molecule has 1 aliphatic carbocycles. The van der Waals surface area contributed by atoms with E-state index in [1.54, 1.807) is 14.2 Å². The molecule has 7 nitrogen and oxygen atoms in total. The van der Waals surface area contributed by atoms with Crippen molar-refractivity contribution < 1.29 is 14.3 Å². The maximum atomic E-state index is 12.1. The van der Waals surface area contributed by atoms with E-state index in [-0.39, 0.29) is 36.0 Å². The van der Waals surface area contributed by atoms with Crippen molar-refractivity contribution >= 4 is 35.8 Å². The Kier molecular flexibility index (Phi) is 11.9. The number of nitrogens with one attached hydrogen (secondary N) is 3. The summed E-state index contributed by atoms with van der Waals surface area (Å²) in [7, 11) is 3.38. The van der Waals surface area contributed by atoms with Gasteiger partial charge in [-0.3, -0.25) is 9.79 Å². The molecule has 33 heavy (non-hydrogen) atoms. The van der Waals surface area contributed by atoms with Gasteiger partial charge in [-0.05, 0) is 37.3 Å². The van der Waals surface area contributed by atoms with E-state index in [2.05, 4.69) is 20.9 Å². The molecule has 0 saturated heterocycles. The predicted octanol–water partition coefficient (Wildman–Crippen LogP) is 4.01. The van der Waals surface area contributed by atoms with Crippen LogP contribution < -0.4 is 25.4 Å². The van der Waals surface area contributed by atoms with Gasteiger partial charge in [-0.1, -0.05) is 42.5 Å². The molecule has 3 rings (SSSR count). The summed E-state index contributed by atoms with van der Waals surface area (Å²) < 4.78 is 11.8. The Morgan fingerprint density at radius 2 is 1.76 bits per heavy atom. The van der Waals surface area contributed by atoms with Crippen LogP contribution in [0, 0.1) is 0 Å². The summed E-state index contributed by atoms with van der Waals surface area (Å²) in [4.78, 5) is 16.4. The highest BCUT2D eigenvalue weighted by molar-refractivity contribution is 14.0. The van der Waals surface area contributed by atoms with Crippen molar-refractivity contribution in [1.82, 2.24) is 16.0 Å². The van der Waals surface area contributed by atoms with E-state index < -0.39 is 0 Å². The molecule has 0 atom stereocenters. The Bertz CT molecular complexity index is 886.